The molecule has 0 bridgehead atoms. The molecule has 0 fully saturated rings. The van der Waals surface area contributed by atoms with E-state index < -0.39 is 0 Å². The molecule has 0 saturated carbocycles. The molecule has 0 N–H and O–H groups in total. The molecule has 1 rings (SSSR count). The third-order valence-electron chi connectivity index (χ3n) is 3.90. The Bertz CT molecular complexity index is 372. The Balaban J connectivity index is 2.51. The Morgan fingerprint density at radius 2 is 1.80 bits per heavy atom. The third kappa shape index (κ3) is 5.36. The first-order valence-electron chi connectivity index (χ1n) is 7.94. The van der Waals surface area contributed by atoms with Crippen LogP contribution in [-0.2, 0) is 9.53 Å². The molecule has 1 aromatic carbocycles. The molecule has 1 aromatic rings. The lowest BCUT2D eigenvalue weighted by molar-refractivity contribution is -0.147. The number of benzene rings is 1. The van der Waals surface area contributed by atoms with Crippen molar-refractivity contribution in [3.63, 3.8) is 0 Å². The predicted molar refractivity (Wildman–Crippen MR) is 83.7 cm³/mol. The first-order valence-corrected chi connectivity index (χ1v) is 7.94. The molecule has 112 valence electrons. The van der Waals surface area contributed by atoms with Gasteiger partial charge in [0.2, 0.25) is 0 Å². The summed E-state index contributed by atoms with van der Waals surface area (Å²) in [7, 11) is 0. The van der Waals surface area contributed by atoms with E-state index in [-0.39, 0.29) is 11.9 Å². The standard InChI is InChI=1S/C18H28O2/c1-4-7-11-15(5-2)14-20-18(19)17(6-3)16-12-9-8-10-13-16/h8-10,12-13,15,17H,4-7,11,14H2,1-3H3. The van der Waals surface area contributed by atoms with Gasteiger partial charge in [-0.3, -0.25) is 4.79 Å². The summed E-state index contributed by atoms with van der Waals surface area (Å²) in [5.74, 6) is 0.306. The van der Waals surface area contributed by atoms with Crippen LogP contribution in [0.1, 0.15) is 64.4 Å². The van der Waals surface area contributed by atoms with E-state index in [1.807, 2.05) is 37.3 Å². The predicted octanol–water partition coefficient (Wildman–Crippen LogP) is 4.94. The molecule has 2 unspecified atom stereocenters. The fraction of sp³-hybridized carbons (Fsp3) is 0.611. The van der Waals surface area contributed by atoms with Crippen molar-refractivity contribution in [1.82, 2.24) is 0 Å². The zero-order chi connectivity index (χ0) is 14.8. The summed E-state index contributed by atoms with van der Waals surface area (Å²) in [6.45, 7) is 6.97. The van der Waals surface area contributed by atoms with Crippen LogP contribution in [0.15, 0.2) is 30.3 Å². The lowest BCUT2D eigenvalue weighted by Crippen LogP contribution is -2.19. The number of ether oxygens (including phenoxy) is 1. The molecule has 2 atom stereocenters. The molecule has 0 radical (unpaired) electrons. The normalized spacial score (nSPS) is 13.8. The van der Waals surface area contributed by atoms with Crippen LogP contribution in [0.2, 0.25) is 0 Å². The average molecular weight is 276 g/mol. The van der Waals surface area contributed by atoms with Gasteiger partial charge in [0.1, 0.15) is 0 Å². The maximum Gasteiger partial charge on any atom is 0.313 e. The van der Waals surface area contributed by atoms with Crippen LogP contribution in [0, 0.1) is 5.92 Å². The summed E-state index contributed by atoms with van der Waals surface area (Å²) in [6, 6.07) is 9.93. The highest BCUT2D eigenvalue weighted by Crippen LogP contribution is 2.22. The zero-order valence-electron chi connectivity index (χ0n) is 13.1. The summed E-state index contributed by atoms with van der Waals surface area (Å²) >= 11 is 0. The van der Waals surface area contributed by atoms with Crippen LogP contribution in [0.25, 0.3) is 0 Å². The monoisotopic (exact) mass is 276 g/mol. The van der Waals surface area contributed by atoms with Gasteiger partial charge in [-0.15, -0.1) is 0 Å². The van der Waals surface area contributed by atoms with Crippen LogP contribution in [0.5, 0.6) is 0 Å². The summed E-state index contributed by atoms with van der Waals surface area (Å²) in [5, 5.41) is 0. The van der Waals surface area contributed by atoms with Gasteiger partial charge in [-0.25, -0.2) is 0 Å². The molecule has 0 aliphatic rings. The second kappa shape index (κ2) is 9.57. The first-order chi connectivity index (χ1) is 9.72. The Morgan fingerprint density at radius 3 is 2.35 bits per heavy atom. The fourth-order valence-corrected chi connectivity index (χ4v) is 2.42. The van der Waals surface area contributed by atoms with Gasteiger partial charge in [0.25, 0.3) is 0 Å². The van der Waals surface area contributed by atoms with Crippen molar-refractivity contribution >= 4 is 5.97 Å². The van der Waals surface area contributed by atoms with Gasteiger partial charge in [0.05, 0.1) is 12.5 Å². The summed E-state index contributed by atoms with van der Waals surface area (Å²) in [5.41, 5.74) is 1.06. The SMILES string of the molecule is CCCCC(CC)COC(=O)C(CC)c1ccccc1. The van der Waals surface area contributed by atoms with Crippen molar-refractivity contribution in [2.45, 2.75) is 58.8 Å². The van der Waals surface area contributed by atoms with E-state index in [2.05, 4.69) is 13.8 Å². The second-order valence-corrected chi connectivity index (χ2v) is 5.42. The number of carbonyl (C=O) groups is 1. The number of unbranched alkanes of at least 4 members (excludes halogenated alkanes) is 1. The van der Waals surface area contributed by atoms with Gasteiger partial charge in [0, 0.05) is 0 Å². The maximum atomic E-state index is 12.2. The van der Waals surface area contributed by atoms with E-state index in [1.165, 1.54) is 12.8 Å². The molecule has 0 aliphatic carbocycles. The van der Waals surface area contributed by atoms with Gasteiger partial charge in [-0.05, 0) is 24.3 Å². The van der Waals surface area contributed by atoms with Crippen molar-refractivity contribution in [1.29, 1.82) is 0 Å². The van der Waals surface area contributed by atoms with Crippen molar-refractivity contribution in [3.05, 3.63) is 35.9 Å². The third-order valence-corrected chi connectivity index (χ3v) is 3.90. The summed E-state index contributed by atoms with van der Waals surface area (Å²) < 4.78 is 5.56. The first kappa shape index (κ1) is 16.7. The minimum atomic E-state index is -0.125. The minimum absolute atomic E-state index is 0.0753. The zero-order valence-corrected chi connectivity index (χ0v) is 13.1. The van der Waals surface area contributed by atoms with E-state index >= 15 is 0 Å². The van der Waals surface area contributed by atoms with Crippen molar-refractivity contribution in [3.8, 4) is 0 Å². The molecular weight excluding hydrogens is 248 g/mol. The highest BCUT2D eigenvalue weighted by atomic mass is 16.5. The van der Waals surface area contributed by atoms with Crippen LogP contribution in [0.4, 0.5) is 0 Å². The average Bonchev–Trinajstić information content (AvgIpc) is 2.49. The van der Waals surface area contributed by atoms with E-state index in [0.29, 0.717) is 12.5 Å². The van der Waals surface area contributed by atoms with Crippen molar-refractivity contribution in [2.24, 2.45) is 5.92 Å². The van der Waals surface area contributed by atoms with E-state index in [0.717, 1.165) is 24.8 Å². The highest BCUT2D eigenvalue weighted by Gasteiger charge is 2.21. The molecule has 0 saturated heterocycles. The van der Waals surface area contributed by atoms with Gasteiger partial charge >= 0.3 is 5.97 Å². The Kier molecular flexibility index (Phi) is 8.01. The second-order valence-electron chi connectivity index (χ2n) is 5.42. The fourth-order valence-electron chi connectivity index (χ4n) is 2.42. The van der Waals surface area contributed by atoms with Crippen molar-refractivity contribution < 1.29 is 9.53 Å². The molecule has 0 spiro atoms. The Morgan fingerprint density at radius 1 is 1.10 bits per heavy atom. The quantitative estimate of drug-likeness (QED) is 0.597. The number of hydrogen-bond acceptors (Lipinski definition) is 2. The molecule has 0 aliphatic heterocycles. The smallest absolute Gasteiger partial charge is 0.313 e. The lowest BCUT2D eigenvalue weighted by atomic mass is 9.96. The molecule has 0 aromatic heterocycles. The molecule has 0 heterocycles. The largest absolute Gasteiger partial charge is 0.465 e. The van der Waals surface area contributed by atoms with Gasteiger partial charge in [-0.2, -0.15) is 0 Å². The van der Waals surface area contributed by atoms with Crippen LogP contribution in [0.3, 0.4) is 0 Å². The van der Waals surface area contributed by atoms with Crippen molar-refractivity contribution in [2.75, 3.05) is 6.61 Å². The topological polar surface area (TPSA) is 26.3 Å². The molecule has 2 nitrogen and oxygen atoms in total. The summed E-state index contributed by atoms with van der Waals surface area (Å²) in [6.07, 6.45) is 5.43. The van der Waals surface area contributed by atoms with Gasteiger partial charge < -0.3 is 4.74 Å². The van der Waals surface area contributed by atoms with E-state index in [4.69, 9.17) is 4.74 Å². The van der Waals surface area contributed by atoms with Gasteiger partial charge in [-0.1, -0.05) is 70.4 Å². The number of hydrogen-bond donors (Lipinski definition) is 0. The number of carbonyl (C=O) groups excluding carboxylic acids is 1. The van der Waals surface area contributed by atoms with E-state index in [1.54, 1.807) is 0 Å². The Labute approximate surface area is 123 Å². The van der Waals surface area contributed by atoms with E-state index in [9.17, 15) is 4.79 Å². The molecule has 2 heteroatoms. The summed E-state index contributed by atoms with van der Waals surface area (Å²) in [4.78, 5) is 12.2. The van der Waals surface area contributed by atoms with Gasteiger partial charge in [0.15, 0.2) is 0 Å². The Hall–Kier alpha value is -1.31. The molecule has 0 amide bonds. The highest BCUT2D eigenvalue weighted by molar-refractivity contribution is 5.78. The minimum Gasteiger partial charge on any atom is -0.465 e. The number of esters is 1. The van der Waals surface area contributed by atoms with Crippen LogP contribution < -0.4 is 0 Å². The molecule has 20 heavy (non-hydrogen) atoms. The number of rotatable bonds is 9. The molecular formula is C18H28O2. The maximum absolute atomic E-state index is 12.2. The lowest BCUT2D eigenvalue weighted by Gasteiger charge is -2.18. The van der Waals surface area contributed by atoms with Crippen LogP contribution >= 0.6 is 0 Å². The van der Waals surface area contributed by atoms with Crippen LogP contribution in [-0.4, -0.2) is 12.6 Å².